The van der Waals surface area contributed by atoms with Gasteiger partial charge in [0.2, 0.25) is 0 Å². The molecule has 0 amide bonds. The number of nitrogens with one attached hydrogen (secondary N) is 1. The van der Waals surface area contributed by atoms with Crippen LogP contribution in [0.3, 0.4) is 0 Å². The van der Waals surface area contributed by atoms with E-state index < -0.39 is 23.5 Å². The fraction of sp³-hybridized carbons (Fsp3) is 0.148. The van der Waals surface area contributed by atoms with Crippen molar-refractivity contribution in [3.05, 3.63) is 119 Å². The maximum absolute atomic E-state index is 13.5. The normalized spacial score (nSPS) is 19.5. The first-order valence-electron chi connectivity index (χ1n) is 10.4. The van der Waals surface area contributed by atoms with Crippen molar-refractivity contribution in [2.75, 3.05) is 14.2 Å². The second-order valence-electron chi connectivity index (χ2n) is 7.65. The molecule has 0 unspecified atom stereocenters. The molecule has 0 bridgehead atoms. The number of carbonyl (C=O) groups excluding carboxylic acids is 3. The first-order valence-corrected chi connectivity index (χ1v) is 10.4. The lowest BCUT2D eigenvalue weighted by atomic mass is 9.89. The van der Waals surface area contributed by atoms with Crippen molar-refractivity contribution in [3.63, 3.8) is 0 Å². The van der Waals surface area contributed by atoms with E-state index in [0.717, 1.165) is 5.56 Å². The Balaban J connectivity index is 1.85. The zero-order valence-electron chi connectivity index (χ0n) is 18.3. The maximum Gasteiger partial charge on any atom is 0.337 e. The Morgan fingerprint density at radius 2 is 1.36 bits per heavy atom. The van der Waals surface area contributed by atoms with Gasteiger partial charge in [-0.2, -0.15) is 0 Å². The number of ether oxygens (including phenoxy) is 2. The number of hydrogen-bond acceptors (Lipinski definition) is 6. The van der Waals surface area contributed by atoms with Gasteiger partial charge in [-0.3, -0.25) is 10.1 Å². The minimum Gasteiger partial charge on any atom is -0.467 e. The molecule has 6 heteroatoms. The zero-order chi connectivity index (χ0) is 23.4. The smallest absolute Gasteiger partial charge is 0.337 e. The van der Waals surface area contributed by atoms with Crippen LogP contribution in [0.4, 0.5) is 0 Å². The first kappa shape index (κ1) is 22.2. The van der Waals surface area contributed by atoms with Crippen LogP contribution in [0.25, 0.3) is 0 Å². The number of rotatable bonds is 6. The largest absolute Gasteiger partial charge is 0.467 e. The summed E-state index contributed by atoms with van der Waals surface area (Å²) in [5, 5.41) is 3.35. The van der Waals surface area contributed by atoms with Crippen LogP contribution >= 0.6 is 0 Å². The average Bonchev–Trinajstić information content (AvgIpc) is 3.30. The predicted molar refractivity (Wildman–Crippen MR) is 123 cm³/mol. The van der Waals surface area contributed by atoms with Gasteiger partial charge in [0.05, 0.1) is 25.8 Å². The predicted octanol–water partition coefficient (Wildman–Crippen LogP) is 4.00. The molecular weight excluding hydrogens is 418 g/mol. The highest BCUT2D eigenvalue weighted by Crippen LogP contribution is 2.41. The molecule has 2 atom stereocenters. The molecule has 1 N–H and O–H groups in total. The Morgan fingerprint density at radius 1 is 0.758 bits per heavy atom. The summed E-state index contributed by atoms with van der Waals surface area (Å²) < 4.78 is 9.93. The topological polar surface area (TPSA) is 81.7 Å². The molecular formula is C27H23NO5. The number of carbonyl (C=O) groups is 3. The summed E-state index contributed by atoms with van der Waals surface area (Å²) in [7, 11) is 2.64. The fourth-order valence-corrected chi connectivity index (χ4v) is 4.07. The van der Waals surface area contributed by atoms with Crippen LogP contribution in [0.15, 0.2) is 96.6 Å². The number of benzene rings is 3. The van der Waals surface area contributed by atoms with Gasteiger partial charge in [0.15, 0.2) is 11.3 Å². The van der Waals surface area contributed by atoms with Crippen LogP contribution in [-0.2, 0) is 19.8 Å². The van der Waals surface area contributed by atoms with Gasteiger partial charge in [0.1, 0.15) is 0 Å². The number of hydrogen-bond donors (Lipinski definition) is 1. The highest BCUT2D eigenvalue weighted by molar-refractivity contribution is 6.11. The van der Waals surface area contributed by atoms with E-state index in [1.165, 1.54) is 14.2 Å². The first-order chi connectivity index (χ1) is 16.0. The quantitative estimate of drug-likeness (QED) is 0.460. The molecule has 1 heterocycles. The van der Waals surface area contributed by atoms with E-state index in [1.807, 2.05) is 36.4 Å². The van der Waals surface area contributed by atoms with Gasteiger partial charge in [-0.25, -0.2) is 9.59 Å². The summed E-state index contributed by atoms with van der Waals surface area (Å²) in [5.74, 6) is -1.18. The average molecular weight is 441 g/mol. The summed E-state index contributed by atoms with van der Waals surface area (Å²) in [5.41, 5.74) is 1.35. The Morgan fingerprint density at radius 3 is 1.94 bits per heavy atom. The third kappa shape index (κ3) is 4.08. The van der Waals surface area contributed by atoms with Crippen molar-refractivity contribution in [1.82, 2.24) is 5.32 Å². The Kier molecular flexibility index (Phi) is 6.20. The molecule has 166 valence electrons. The number of esters is 2. The van der Waals surface area contributed by atoms with Crippen molar-refractivity contribution < 1.29 is 23.9 Å². The van der Waals surface area contributed by atoms with Gasteiger partial charge >= 0.3 is 11.9 Å². The van der Waals surface area contributed by atoms with E-state index in [9.17, 15) is 14.4 Å². The van der Waals surface area contributed by atoms with E-state index in [4.69, 9.17) is 9.47 Å². The SMILES string of the molecule is COC(=O)c1ccc([C@@H]2N[C@](C(=O)OC)(c3ccccc3)C=C2C(=O)c2ccccc2)cc1. The highest BCUT2D eigenvalue weighted by Gasteiger charge is 2.48. The van der Waals surface area contributed by atoms with Crippen molar-refractivity contribution in [2.45, 2.75) is 11.6 Å². The lowest BCUT2D eigenvalue weighted by molar-refractivity contribution is -0.146. The highest BCUT2D eigenvalue weighted by atomic mass is 16.5. The summed E-state index contributed by atoms with van der Waals surface area (Å²) in [4.78, 5) is 38.5. The summed E-state index contributed by atoms with van der Waals surface area (Å²) in [6, 6.07) is 24.2. The van der Waals surface area contributed by atoms with Crippen molar-refractivity contribution >= 4 is 17.7 Å². The van der Waals surface area contributed by atoms with E-state index in [-0.39, 0.29) is 5.78 Å². The van der Waals surface area contributed by atoms with Gasteiger partial charge in [-0.05, 0) is 29.3 Å². The molecule has 1 aliphatic heterocycles. The van der Waals surface area contributed by atoms with Gasteiger partial charge < -0.3 is 9.47 Å². The van der Waals surface area contributed by atoms with Crippen LogP contribution in [0, 0.1) is 0 Å². The molecule has 0 aromatic heterocycles. The van der Waals surface area contributed by atoms with Crippen molar-refractivity contribution in [1.29, 1.82) is 0 Å². The molecule has 0 saturated carbocycles. The minimum atomic E-state index is -1.35. The van der Waals surface area contributed by atoms with Crippen LogP contribution in [0.2, 0.25) is 0 Å². The summed E-state index contributed by atoms with van der Waals surface area (Å²) >= 11 is 0. The summed E-state index contributed by atoms with van der Waals surface area (Å²) in [6.07, 6.45) is 1.66. The van der Waals surface area contributed by atoms with Gasteiger partial charge in [0, 0.05) is 11.1 Å². The summed E-state index contributed by atoms with van der Waals surface area (Å²) in [6.45, 7) is 0. The zero-order valence-corrected chi connectivity index (χ0v) is 18.3. The molecule has 0 aliphatic carbocycles. The molecule has 0 radical (unpaired) electrons. The third-order valence-electron chi connectivity index (χ3n) is 5.75. The molecule has 6 nitrogen and oxygen atoms in total. The van der Waals surface area contributed by atoms with Crippen molar-refractivity contribution in [2.24, 2.45) is 0 Å². The molecule has 4 rings (SSSR count). The van der Waals surface area contributed by atoms with E-state index >= 15 is 0 Å². The molecule has 3 aromatic carbocycles. The van der Waals surface area contributed by atoms with E-state index in [0.29, 0.717) is 22.3 Å². The maximum atomic E-state index is 13.5. The van der Waals surface area contributed by atoms with E-state index in [2.05, 4.69) is 5.32 Å². The second kappa shape index (κ2) is 9.22. The molecule has 1 aliphatic rings. The van der Waals surface area contributed by atoms with E-state index in [1.54, 1.807) is 54.6 Å². The van der Waals surface area contributed by atoms with Crippen LogP contribution in [-0.4, -0.2) is 31.9 Å². The molecule has 0 spiro atoms. The number of Topliss-reactive ketones (excluding diaryl/α,β-unsaturated/α-hetero) is 1. The minimum absolute atomic E-state index is 0.202. The second-order valence-corrected chi connectivity index (χ2v) is 7.65. The van der Waals surface area contributed by atoms with Crippen molar-refractivity contribution in [3.8, 4) is 0 Å². The standard InChI is InChI=1S/C27H23NO5/c1-32-25(30)20-15-13-18(14-16-20)23-22(24(29)19-9-5-3-6-10-19)17-27(28-23,26(31)33-2)21-11-7-4-8-12-21/h3-17,23,28H,1-2H3/t23-,27-/m0/s1. The molecule has 3 aromatic rings. The molecule has 33 heavy (non-hydrogen) atoms. The molecule has 0 fully saturated rings. The van der Waals surface area contributed by atoms with Gasteiger partial charge in [-0.1, -0.05) is 72.8 Å². The third-order valence-corrected chi connectivity index (χ3v) is 5.75. The fourth-order valence-electron chi connectivity index (χ4n) is 4.07. The Hall–Kier alpha value is -4.03. The lowest BCUT2D eigenvalue weighted by Crippen LogP contribution is -2.46. The Labute approximate surface area is 191 Å². The van der Waals surface area contributed by atoms with Gasteiger partial charge in [0.25, 0.3) is 0 Å². The number of methoxy groups -OCH3 is 2. The number of ketones is 1. The lowest BCUT2D eigenvalue weighted by Gasteiger charge is -2.28. The van der Waals surface area contributed by atoms with Crippen LogP contribution in [0.5, 0.6) is 0 Å². The van der Waals surface area contributed by atoms with Crippen LogP contribution < -0.4 is 5.32 Å². The Bertz CT molecular complexity index is 1200. The van der Waals surface area contributed by atoms with Gasteiger partial charge in [-0.15, -0.1) is 0 Å². The molecule has 0 saturated heterocycles. The van der Waals surface area contributed by atoms with Crippen LogP contribution in [0.1, 0.15) is 37.9 Å². The monoisotopic (exact) mass is 441 g/mol.